The molecule has 0 bridgehead atoms. The van der Waals surface area contributed by atoms with Crippen molar-refractivity contribution in [3.05, 3.63) is 83.6 Å². The van der Waals surface area contributed by atoms with Crippen molar-refractivity contribution in [3.63, 3.8) is 0 Å². The third kappa shape index (κ3) is 7.76. The van der Waals surface area contributed by atoms with Crippen molar-refractivity contribution < 1.29 is 30.7 Å². The second kappa shape index (κ2) is 12.9. The third-order valence-corrected chi connectivity index (χ3v) is 8.46. The molecule has 1 heterocycles. The lowest BCUT2D eigenvalue weighted by molar-refractivity contribution is 0.259. The van der Waals surface area contributed by atoms with E-state index >= 15 is 0 Å². The van der Waals surface area contributed by atoms with Crippen molar-refractivity contribution in [1.29, 1.82) is 0 Å². The van der Waals surface area contributed by atoms with E-state index in [1.165, 1.54) is 37.3 Å². The van der Waals surface area contributed by atoms with Gasteiger partial charge in [0.1, 0.15) is 21.2 Å². The summed E-state index contributed by atoms with van der Waals surface area (Å²) in [5.74, 6) is 0.290. The van der Waals surface area contributed by atoms with E-state index < -0.39 is 41.7 Å². The summed E-state index contributed by atoms with van der Waals surface area (Å²) in [6, 6.07) is 17.3. The zero-order chi connectivity index (χ0) is 34.1. The Labute approximate surface area is 272 Å². The minimum Gasteiger partial charge on any atom is -0.351 e. The smallest absolute Gasteiger partial charge is 0.316 e. The molecule has 4 aromatic carbocycles. The van der Waals surface area contributed by atoms with E-state index in [-0.39, 0.29) is 39.3 Å². The molecule has 0 spiro atoms. The largest absolute Gasteiger partial charge is 0.351 e. The molecule has 6 N–H and O–H groups in total. The van der Waals surface area contributed by atoms with Crippen molar-refractivity contribution in [1.82, 2.24) is 15.0 Å². The molecule has 16 nitrogen and oxygen atoms in total. The number of carbonyl (C=O) groups excluding carboxylic acids is 1. The van der Waals surface area contributed by atoms with Gasteiger partial charge in [-0.3, -0.25) is 9.11 Å². The molecular formula is C28H24ClN9O7S2. The summed E-state index contributed by atoms with van der Waals surface area (Å²) in [7, 11) is -7.88. The number of nitrogens with two attached hydrogens (primary N) is 1. The number of benzene rings is 4. The van der Waals surface area contributed by atoms with Gasteiger partial charge < -0.3 is 21.3 Å². The Balaban J connectivity index is 1.54. The minimum absolute atomic E-state index is 0.0106. The number of aromatic nitrogens is 3. The lowest BCUT2D eigenvalue weighted by atomic mass is 10.1. The molecule has 1 aromatic heterocycles. The number of halogens is 1. The Bertz CT molecular complexity index is 2290. The number of nitrogens with zero attached hydrogens (tertiary/aromatic N) is 6. The zero-order valence-electron chi connectivity index (χ0n) is 24.3. The monoisotopic (exact) mass is 697 g/mol. The van der Waals surface area contributed by atoms with Crippen LogP contribution in [0.2, 0.25) is 5.28 Å². The molecule has 0 saturated heterocycles. The number of nitrogens with one attached hydrogen (secondary N) is 2. The summed E-state index contributed by atoms with van der Waals surface area (Å²) in [4.78, 5) is 25.0. The molecule has 19 heteroatoms. The maximum atomic E-state index is 12.3. The van der Waals surface area contributed by atoms with Gasteiger partial charge in [-0.2, -0.15) is 31.8 Å². The first-order valence-corrected chi connectivity index (χ1v) is 16.5. The van der Waals surface area contributed by atoms with Gasteiger partial charge in [0.05, 0.1) is 5.69 Å². The average molecular weight is 698 g/mol. The van der Waals surface area contributed by atoms with Crippen LogP contribution in [0.3, 0.4) is 0 Å². The number of azo groups is 1. The standard InChI is InChI=1S/C28H24ClN9O7S2/c1-15-10-16-12-24(47(43,44)45)22(14-19(16)23(11-15)46(40,41)42)37-36-20-9-8-17(13-21(20)32-26(30)39)31-27-33-25(29)34-28(35-27)38(2)18-6-4-3-5-7-18/h3-14H,1-2H3,(H3,30,32,39)(H,40,41,42)(H,43,44,45)(H,31,33,34,35). The van der Waals surface area contributed by atoms with Gasteiger partial charge >= 0.3 is 6.03 Å². The number of hydrogen-bond donors (Lipinski definition) is 5. The first kappa shape index (κ1) is 33.1. The number of rotatable bonds is 9. The van der Waals surface area contributed by atoms with E-state index in [2.05, 4.69) is 35.8 Å². The molecule has 0 atom stereocenters. The molecule has 2 amide bonds. The van der Waals surface area contributed by atoms with E-state index in [0.29, 0.717) is 11.3 Å². The molecule has 0 saturated carbocycles. The highest BCUT2D eigenvalue weighted by molar-refractivity contribution is 7.86. The number of primary amides is 1. The predicted molar refractivity (Wildman–Crippen MR) is 175 cm³/mol. The Hall–Kier alpha value is -5.27. The van der Waals surface area contributed by atoms with Crippen molar-refractivity contribution in [2.45, 2.75) is 16.7 Å². The second-order valence-electron chi connectivity index (χ2n) is 9.92. The SMILES string of the molecule is Cc1cc(S(=O)(=O)O)c2cc(N=Nc3ccc(Nc4nc(Cl)nc(N(C)c5ccccc5)n4)cc3NC(N)=O)c(S(=O)(=O)O)cc2c1. The fourth-order valence-electron chi connectivity index (χ4n) is 4.47. The average Bonchev–Trinajstić information content (AvgIpc) is 2.98. The molecule has 0 unspecified atom stereocenters. The molecule has 0 aliphatic rings. The van der Waals surface area contributed by atoms with Crippen LogP contribution in [0.15, 0.2) is 92.8 Å². The zero-order valence-corrected chi connectivity index (χ0v) is 26.7. The van der Waals surface area contributed by atoms with E-state index in [1.54, 1.807) is 11.9 Å². The van der Waals surface area contributed by atoms with Crippen LogP contribution in [0, 0.1) is 6.92 Å². The topological polar surface area (TPSA) is 243 Å². The van der Waals surface area contributed by atoms with Crippen molar-refractivity contribution in [2.24, 2.45) is 16.0 Å². The Morgan fingerprint density at radius 1 is 0.872 bits per heavy atom. The third-order valence-electron chi connectivity index (χ3n) is 6.51. The number of aryl methyl sites for hydroxylation is 1. The summed E-state index contributed by atoms with van der Waals surface area (Å²) in [5, 5.41) is 13.2. The number of amides is 2. The highest BCUT2D eigenvalue weighted by Gasteiger charge is 2.22. The van der Waals surface area contributed by atoms with E-state index in [4.69, 9.17) is 17.3 Å². The van der Waals surface area contributed by atoms with Crippen LogP contribution in [0.5, 0.6) is 0 Å². The molecule has 47 heavy (non-hydrogen) atoms. The predicted octanol–water partition coefficient (Wildman–Crippen LogP) is 5.90. The van der Waals surface area contributed by atoms with Gasteiger partial charge in [0, 0.05) is 23.8 Å². The summed E-state index contributed by atoms with van der Waals surface area (Å²) < 4.78 is 68.3. The molecular weight excluding hydrogens is 674 g/mol. The molecule has 5 rings (SSSR count). The number of carbonyl (C=O) groups is 1. The maximum absolute atomic E-state index is 12.3. The van der Waals surface area contributed by atoms with Gasteiger partial charge in [0.15, 0.2) is 0 Å². The highest BCUT2D eigenvalue weighted by Crippen LogP contribution is 2.37. The molecule has 242 valence electrons. The first-order chi connectivity index (χ1) is 22.1. The summed E-state index contributed by atoms with van der Waals surface area (Å²) in [6.07, 6.45) is 0. The van der Waals surface area contributed by atoms with Gasteiger partial charge in [-0.15, -0.1) is 10.2 Å². The Kier molecular flexibility index (Phi) is 9.05. The van der Waals surface area contributed by atoms with Gasteiger partial charge in [0.25, 0.3) is 20.2 Å². The fourth-order valence-corrected chi connectivity index (χ4v) is 6.05. The molecule has 5 aromatic rings. The summed E-state index contributed by atoms with van der Waals surface area (Å²) in [6.45, 7) is 1.54. The quantitative estimate of drug-likeness (QED) is 0.0893. The van der Waals surface area contributed by atoms with Crippen LogP contribution in [0.25, 0.3) is 10.8 Å². The number of hydrogen-bond acceptors (Lipinski definition) is 12. The molecule has 0 radical (unpaired) electrons. The number of anilines is 5. The Morgan fingerprint density at radius 2 is 1.55 bits per heavy atom. The molecule has 0 aliphatic heterocycles. The summed E-state index contributed by atoms with van der Waals surface area (Å²) in [5.41, 5.74) is 6.40. The molecule has 0 fully saturated rings. The normalized spacial score (nSPS) is 11.9. The van der Waals surface area contributed by atoms with Crippen LogP contribution >= 0.6 is 11.6 Å². The fraction of sp³-hybridized carbons (Fsp3) is 0.0714. The van der Waals surface area contributed by atoms with Gasteiger partial charge in [-0.05, 0) is 78.0 Å². The van der Waals surface area contributed by atoms with Gasteiger partial charge in [0.2, 0.25) is 17.2 Å². The van der Waals surface area contributed by atoms with Gasteiger partial charge in [-0.1, -0.05) is 24.3 Å². The van der Waals surface area contributed by atoms with E-state index in [9.17, 15) is 30.7 Å². The maximum Gasteiger partial charge on any atom is 0.316 e. The molecule has 0 aliphatic carbocycles. The number of fused-ring (bicyclic) bond motifs is 1. The highest BCUT2D eigenvalue weighted by atomic mass is 35.5. The van der Waals surface area contributed by atoms with E-state index in [0.717, 1.165) is 17.8 Å². The van der Waals surface area contributed by atoms with Crippen molar-refractivity contribution in [3.8, 4) is 0 Å². The number of para-hydroxylation sites is 1. The van der Waals surface area contributed by atoms with Crippen molar-refractivity contribution >= 4 is 89.0 Å². The second-order valence-corrected chi connectivity index (χ2v) is 13.0. The van der Waals surface area contributed by atoms with E-state index in [1.807, 2.05) is 30.3 Å². The van der Waals surface area contributed by atoms with Crippen LogP contribution in [0.4, 0.5) is 45.1 Å². The van der Waals surface area contributed by atoms with Crippen LogP contribution in [-0.4, -0.2) is 54.0 Å². The van der Waals surface area contributed by atoms with Gasteiger partial charge in [-0.25, -0.2) is 4.79 Å². The first-order valence-electron chi connectivity index (χ1n) is 13.2. The summed E-state index contributed by atoms with van der Waals surface area (Å²) >= 11 is 6.16. The van der Waals surface area contributed by atoms with Crippen LogP contribution in [0.1, 0.15) is 5.56 Å². The lowest BCUT2D eigenvalue weighted by Crippen LogP contribution is -2.19. The minimum atomic E-state index is -4.89. The van der Waals surface area contributed by atoms with Crippen LogP contribution in [-0.2, 0) is 20.2 Å². The Morgan fingerprint density at radius 3 is 2.21 bits per heavy atom. The number of urea groups is 1. The van der Waals surface area contributed by atoms with Crippen LogP contribution < -0.4 is 21.3 Å². The van der Waals surface area contributed by atoms with Crippen molar-refractivity contribution in [2.75, 3.05) is 22.6 Å². The lowest BCUT2D eigenvalue weighted by Gasteiger charge is -2.18.